The van der Waals surface area contributed by atoms with Crippen molar-refractivity contribution in [2.45, 2.75) is 26.3 Å². The molecule has 1 fully saturated rings. The van der Waals surface area contributed by atoms with Crippen molar-refractivity contribution in [1.29, 1.82) is 0 Å². The van der Waals surface area contributed by atoms with Crippen molar-refractivity contribution in [3.63, 3.8) is 0 Å². The van der Waals surface area contributed by atoms with Crippen LogP contribution in [0.1, 0.15) is 26.3 Å². The highest BCUT2D eigenvalue weighted by atomic mass is 35.5. The third-order valence-electron chi connectivity index (χ3n) is 4.76. The quantitative estimate of drug-likeness (QED) is 0.466. The number of guanidine groups is 1. The Hall–Kier alpha value is -2.28. The summed E-state index contributed by atoms with van der Waals surface area (Å²) in [4.78, 5) is 15.4. The molecule has 1 saturated heterocycles. The first kappa shape index (κ1) is 19.5. The number of pyridine rings is 1. The van der Waals surface area contributed by atoms with E-state index in [1.807, 2.05) is 18.7 Å². The van der Waals surface area contributed by atoms with Gasteiger partial charge in [-0.1, -0.05) is 18.5 Å². The number of halogens is 1. The second kappa shape index (κ2) is 9.60. The van der Waals surface area contributed by atoms with Gasteiger partial charge in [0.15, 0.2) is 5.96 Å². The van der Waals surface area contributed by atoms with Crippen LogP contribution in [0.5, 0.6) is 5.88 Å². The van der Waals surface area contributed by atoms with E-state index >= 15 is 0 Å². The first-order valence-corrected chi connectivity index (χ1v) is 9.80. The van der Waals surface area contributed by atoms with Gasteiger partial charge in [0.1, 0.15) is 6.61 Å². The summed E-state index contributed by atoms with van der Waals surface area (Å²) < 4.78 is 7.84. The molecular weight excluding hydrogens is 364 g/mol. The Morgan fingerprint density at radius 3 is 3.04 bits per heavy atom. The van der Waals surface area contributed by atoms with E-state index in [0.29, 0.717) is 36.0 Å². The SMILES string of the molecule is CCNC(=NCCOc1ccc(Cl)cn1)N1CCC(C)C(n2ccnc2)C1. The lowest BCUT2D eigenvalue weighted by atomic mass is 9.93. The summed E-state index contributed by atoms with van der Waals surface area (Å²) >= 11 is 5.83. The molecule has 0 bridgehead atoms. The van der Waals surface area contributed by atoms with Gasteiger partial charge in [0, 0.05) is 44.3 Å². The number of aliphatic imine (C=N–C) groups is 1. The van der Waals surface area contributed by atoms with E-state index in [2.05, 4.69) is 38.6 Å². The number of nitrogens with zero attached hydrogens (tertiary/aromatic N) is 5. The lowest BCUT2D eigenvalue weighted by molar-refractivity contribution is 0.188. The molecule has 0 aliphatic carbocycles. The van der Waals surface area contributed by atoms with Crippen LogP contribution in [0.2, 0.25) is 5.02 Å². The van der Waals surface area contributed by atoms with Crippen molar-refractivity contribution in [3.8, 4) is 5.88 Å². The number of nitrogens with one attached hydrogen (secondary N) is 1. The molecule has 1 aliphatic rings. The van der Waals surface area contributed by atoms with Crippen molar-refractivity contribution in [2.24, 2.45) is 10.9 Å². The highest BCUT2D eigenvalue weighted by Crippen LogP contribution is 2.27. The van der Waals surface area contributed by atoms with E-state index in [0.717, 1.165) is 32.0 Å². The van der Waals surface area contributed by atoms with Gasteiger partial charge in [-0.15, -0.1) is 0 Å². The molecular formula is C19H27ClN6O. The smallest absolute Gasteiger partial charge is 0.213 e. The van der Waals surface area contributed by atoms with Crippen molar-refractivity contribution in [1.82, 2.24) is 24.8 Å². The van der Waals surface area contributed by atoms with Gasteiger partial charge in [0.25, 0.3) is 0 Å². The van der Waals surface area contributed by atoms with Crippen LogP contribution in [0.15, 0.2) is 42.0 Å². The number of rotatable bonds is 6. The fraction of sp³-hybridized carbons (Fsp3) is 0.526. The number of ether oxygens (including phenoxy) is 1. The molecule has 2 aromatic rings. The van der Waals surface area contributed by atoms with Crippen LogP contribution < -0.4 is 10.1 Å². The monoisotopic (exact) mass is 390 g/mol. The fourth-order valence-electron chi connectivity index (χ4n) is 3.27. The molecule has 0 aromatic carbocycles. The molecule has 0 spiro atoms. The minimum Gasteiger partial charge on any atom is -0.476 e. The van der Waals surface area contributed by atoms with Gasteiger partial charge in [-0.3, -0.25) is 0 Å². The maximum atomic E-state index is 5.83. The highest BCUT2D eigenvalue weighted by Gasteiger charge is 2.28. The molecule has 8 heteroatoms. The lowest BCUT2D eigenvalue weighted by Crippen LogP contribution is -2.49. The second-order valence-corrected chi connectivity index (χ2v) is 7.12. The zero-order chi connectivity index (χ0) is 19.1. The lowest BCUT2D eigenvalue weighted by Gasteiger charge is -2.39. The first-order chi connectivity index (χ1) is 13.2. The standard InChI is InChI=1S/C19H27ClN6O/c1-3-22-19(23-8-11-27-18-5-4-16(20)12-24-18)25-9-6-15(2)17(13-25)26-10-7-21-14-26/h4-5,7,10,12,14-15,17H,3,6,8-9,11,13H2,1-2H3,(H,22,23). The Kier molecular flexibility index (Phi) is 6.92. The Morgan fingerprint density at radius 1 is 1.44 bits per heavy atom. The number of likely N-dealkylation sites (tertiary alicyclic amines) is 1. The summed E-state index contributed by atoms with van der Waals surface area (Å²) in [6.45, 7) is 8.18. The van der Waals surface area contributed by atoms with Crippen LogP contribution in [0, 0.1) is 5.92 Å². The summed E-state index contributed by atoms with van der Waals surface area (Å²) in [6.07, 6.45) is 8.49. The Balaban J connectivity index is 1.58. The molecule has 1 aliphatic heterocycles. The Bertz CT molecular complexity index is 718. The molecule has 27 heavy (non-hydrogen) atoms. The molecule has 0 amide bonds. The summed E-state index contributed by atoms with van der Waals surface area (Å²) in [6, 6.07) is 3.93. The van der Waals surface area contributed by atoms with E-state index in [-0.39, 0.29) is 0 Å². The summed E-state index contributed by atoms with van der Waals surface area (Å²) in [5.41, 5.74) is 0. The Labute approximate surface area is 165 Å². The van der Waals surface area contributed by atoms with Crippen LogP contribution in [-0.4, -0.2) is 58.2 Å². The van der Waals surface area contributed by atoms with Gasteiger partial charge in [-0.25, -0.2) is 15.0 Å². The minimum absolute atomic E-state index is 0.402. The second-order valence-electron chi connectivity index (χ2n) is 6.69. The van der Waals surface area contributed by atoms with Gasteiger partial charge in [-0.2, -0.15) is 0 Å². The predicted molar refractivity (Wildman–Crippen MR) is 107 cm³/mol. The van der Waals surface area contributed by atoms with E-state index in [1.54, 1.807) is 18.3 Å². The zero-order valence-electron chi connectivity index (χ0n) is 15.9. The number of aromatic nitrogens is 3. The molecule has 146 valence electrons. The van der Waals surface area contributed by atoms with E-state index in [9.17, 15) is 0 Å². The van der Waals surface area contributed by atoms with Crippen molar-refractivity contribution in [3.05, 3.63) is 42.1 Å². The highest BCUT2D eigenvalue weighted by molar-refractivity contribution is 6.30. The van der Waals surface area contributed by atoms with Crippen LogP contribution >= 0.6 is 11.6 Å². The number of hydrogen-bond acceptors (Lipinski definition) is 4. The fourth-order valence-corrected chi connectivity index (χ4v) is 3.38. The molecule has 7 nitrogen and oxygen atoms in total. The maximum absolute atomic E-state index is 5.83. The third-order valence-corrected chi connectivity index (χ3v) is 4.99. The topological polar surface area (TPSA) is 67.6 Å². The average molecular weight is 391 g/mol. The van der Waals surface area contributed by atoms with Gasteiger partial charge >= 0.3 is 0 Å². The molecule has 1 N–H and O–H groups in total. The van der Waals surface area contributed by atoms with Crippen LogP contribution in [0.4, 0.5) is 0 Å². The first-order valence-electron chi connectivity index (χ1n) is 9.42. The molecule has 2 unspecified atom stereocenters. The van der Waals surface area contributed by atoms with Gasteiger partial charge in [0.2, 0.25) is 5.88 Å². The van der Waals surface area contributed by atoms with Gasteiger partial charge < -0.3 is 19.5 Å². The summed E-state index contributed by atoms with van der Waals surface area (Å²) in [5.74, 6) is 2.10. The van der Waals surface area contributed by atoms with Crippen LogP contribution in [0.3, 0.4) is 0 Å². The van der Waals surface area contributed by atoms with Crippen molar-refractivity contribution < 1.29 is 4.74 Å². The molecule has 3 rings (SSSR count). The van der Waals surface area contributed by atoms with Crippen molar-refractivity contribution >= 4 is 17.6 Å². The molecule has 2 atom stereocenters. The van der Waals surface area contributed by atoms with E-state index < -0.39 is 0 Å². The molecule has 3 heterocycles. The van der Waals surface area contributed by atoms with E-state index in [1.165, 1.54) is 0 Å². The van der Waals surface area contributed by atoms with Crippen molar-refractivity contribution in [2.75, 3.05) is 32.8 Å². The predicted octanol–water partition coefficient (Wildman–Crippen LogP) is 2.86. The van der Waals surface area contributed by atoms with Crippen LogP contribution in [0.25, 0.3) is 0 Å². The summed E-state index contributed by atoms with van der Waals surface area (Å²) in [5, 5.41) is 4.00. The van der Waals surface area contributed by atoms with E-state index in [4.69, 9.17) is 21.3 Å². The Morgan fingerprint density at radius 2 is 2.33 bits per heavy atom. The minimum atomic E-state index is 0.402. The van der Waals surface area contributed by atoms with Crippen LogP contribution in [-0.2, 0) is 0 Å². The zero-order valence-corrected chi connectivity index (χ0v) is 16.6. The molecule has 2 aromatic heterocycles. The normalized spacial score (nSPS) is 20.6. The maximum Gasteiger partial charge on any atom is 0.213 e. The average Bonchev–Trinajstić information content (AvgIpc) is 3.21. The van der Waals surface area contributed by atoms with Gasteiger partial charge in [-0.05, 0) is 25.3 Å². The number of imidazole rings is 1. The van der Waals surface area contributed by atoms with Gasteiger partial charge in [0.05, 0.1) is 23.9 Å². The molecule has 0 radical (unpaired) electrons. The molecule has 0 saturated carbocycles. The third kappa shape index (κ3) is 5.35. The summed E-state index contributed by atoms with van der Waals surface area (Å²) in [7, 11) is 0. The number of piperidine rings is 1. The largest absolute Gasteiger partial charge is 0.476 e. The number of hydrogen-bond donors (Lipinski definition) is 1.